The van der Waals surface area contributed by atoms with Gasteiger partial charge in [0.2, 0.25) is 5.91 Å². The Bertz CT molecular complexity index is 1050. The number of hydrogen-bond donors (Lipinski definition) is 1. The summed E-state index contributed by atoms with van der Waals surface area (Å²) in [6, 6.07) is 1.97. The van der Waals surface area contributed by atoms with Crippen LogP contribution in [0.5, 0.6) is 0 Å². The molecule has 3 aromatic heterocycles. The molecule has 3 aromatic rings. The summed E-state index contributed by atoms with van der Waals surface area (Å²) < 4.78 is 1.71. The molecule has 0 saturated carbocycles. The molecule has 0 bridgehead atoms. The number of anilines is 2. The molecule has 1 saturated heterocycles. The van der Waals surface area contributed by atoms with Crippen LogP contribution in [0.3, 0.4) is 0 Å². The summed E-state index contributed by atoms with van der Waals surface area (Å²) >= 11 is 1.55. The van der Waals surface area contributed by atoms with Crippen LogP contribution in [0.15, 0.2) is 29.9 Å². The maximum atomic E-state index is 12.5. The Balaban J connectivity index is 1.43. The average molecular weight is 410 g/mol. The van der Waals surface area contributed by atoms with Gasteiger partial charge in [0.15, 0.2) is 5.13 Å². The number of hydrogen-bond acceptors (Lipinski definition) is 7. The lowest BCUT2D eigenvalue weighted by Gasteiger charge is -2.15. The van der Waals surface area contributed by atoms with Crippen LogP contribution in [-0.2, 0) is 11.8 Å². The molecule has 29 heavy (non-hydrogen) atoms. The quantitative estimate of drug-likeness (QED) is 0.652. The second-order valence-corrected chi connectivity index (χ2v) is 8.05. The lowest BCUT2D eigenvalue weighted by Crippen LogP contribution is -2.26. The van der Waals surface area contributed by atoms with E-state index in [0.717, 1.165) is 40.9 Å². The van der Waals surface area contributed by atoms with E-state index in [1.54, 1.807) is 34.4 Å². The lowest BCUT2D eigenvalue weighted by atomic mass is 10.0. The second kappa shape index (κ2) is 8.12. The summed E-state index contributed by atoms with van der Waals surface area (Å²) in [4.78, 5) is 27.9. The van der Waals surface area contributed by atoms with Gasteiger partial charge in [-0.15, -0.1) is 11.3 Å². The van der Waals surface area contributed by atoms with E-state index in [2.05, 4.69) is 25.4 Å². The van der Waals surface area contributed by atoms with E-state index in [1.165, 1.54) is 0 Å². The van der Waals surface area contributed by atoms with Crippen molar-refractivity contribution in [1.29, 1.82) is 0 Å². The van der Waals surface area contributed by atoms with Gasteiger partial charge in [0.05, 0.1) is 17.6 Å². The van der Waals surface area contributed by atoms with Crippen LogP contribution in [-0.4, -0.2) is 48.6 Å². The minimum absolute atomic E-state index is 0.0127. The maximum Gasteiger partial charge on any atom is 0.246 e. The van der Waals surface area contributed by atoms with Crippen molar-refractivity contribution in [2.24, 2.45) is 7.05 Å². The molecule has 4 rings (SSSR count). The molecule has 1 amide bonds. The van der Waals surface area contributed by atoms with Crippen molar-refractivity contribution in [2.75, 3.05) is 18.4 Å². The van der Waals surface area contributed by atoms with Crippen LogP contribution in [0.4, 0.5) is 10.9 Å². The zero-order valence-corrected chi connectivity index (χ0v) is 17.5. The standard InChI is InChI=1S/C20H23N7OS/c1-13-12-29-20(22-13)25-18-8-17(23-14(2)24-18)16-6-7-27(11-16)19(28)5-4-15-9-21-26(3)10-15/h4-5,8-10,12,16H,6-7,11H2,1-3H3,(H,22,23,24,25)/b5-4+. The van der Waals surface area contributed by atoms with E-state index >= 15 is 0 Å². The molecule has 1 N–H and O–H groups in total. The first-order valence-corrected chi connectivity index (χ1v) is 10.3. The number of amides is 1. The Labute approximate surface area is 173 Å². The molecule has 0 aromatic carbocycles. The van der Waals surface area contributed by atoms with Crippen LogP contribution < -0.4 is 5.32 Å². The normalized spacial score (nSPS) is 16.7. The van der Waals surface area contributed by atoms with Gasteiger partial charge in [-0.3, -0.25) is 9.48 Å². The Hall–Kier alpha value is -3.07. The van der Waals surface area contributed by atoms with Crippen LogP contribution in [0.2, 0.25) is 0 Å². The number of nitrogens with one attached hydrogen (secondary N) is 1. The summed E-state index contributed by atoms with van der Waals surface area (Å²) in [6.45, 7) is 5.22. The Morgan fingerprint density at radius 1 is 1.31 bits per heavy atom. The lowest BCUT2D eigenvalue weighted by molar-refractivity contribution is -0.124. The van der Waals surface area contributed by atoms with Crippen molar-refractivity contribution in [3.63, 3.8) is 0 Å². The fourth-order valence-electron chi connectivity index (χ4n) is 3.39. The Kier molecular flexibility index (Phi) is 5.39. The average Bonchev–Trinajstić information content (AvgIpc) is 3.41. The molecule has 1 fully saturated rings. The maximum absolute atomic E-state index is 12.5. The number of thiazole rings is 1. The Morgan fingerprint density at radius 3 is 2.90 bits per heavy atom. The van der Waals surface area contributed by atoms with Gasteiger partial charge in [-0.05, 0) is 26.3 Å². The summed E-state index contributed by atoms with van der Waals surface area (Å²) in [7, 11) is 1.85. The van der Waals surface area contributed by atoms with Gasteiger partial charge in [-0.25, -0.2) is 15.0 Å². The third kappa shape index (κ3) is 4.68. The van der Waals surface area contributed by atoms with Crippen molar-refractivity contribution in [3.05, 3.63) is 52.7 Å². The summed E-state index contributed by atoms with van der Waals surface area (Å²) in [5.41, 5.74) is 2.85. The molecule has 1 unspecified atom stereocenters. The van der Waals surface area contributed by atoms with Crippen molar-refractivity contribution < 1.29 is 4.79 Å². The highest BCUT2D eigenvalue weighted by Gasteiger charge is 2.27. The highest BCUT2D eigenvalue weighted by Crippen LogP contribution is 2.28. The minimum atomic E-state index is 0.0127. The van der Waals surface area contributed by atoms with Crippen LogP contribution >= 0.6 is 11.3 Å². The smallest absolute Gasteiger partial charge is 0.246 e. The number of aryl methyl sites for hydroxylation is 3. The monoisotopic (exact) mass is 409 g/mol. The Morgan fingerprint density at radius 2 is 2.17 bits per heavy atom. The molecule has 150 valence electrons. The van der Waals surface area contributed by atoms with Crippen LogP contribution in [0, 0.1) is 13.8 Å². The number of carbonyl (C=O) groups is 1. The van der Waals surface area contributed by atoms with Crippen LogP contribution in [0.25, 0.3) is 6.08 Å². The largest absolute Gasteiger partial charge is 0.338 e. The highest BCUT2D eigenvalue weighted by molar-refractivity contribution is 7.13. The van der Waals surface area contributed by atoms with Gasteiger partial charge in [0.25, 0.3) is 0 Å². The number of aromatic nitrogens is 5. The number of likely N-dealkylation sites (tertiary alicyclic amines) is 1. The summed E-state index contributed by atoms with van der Waals surface area (Å²) in [5.74, 6) is 1.66. The molecular weight excluding hydrogens is 386 g/mol. The van der Waals surface area contributed by atoms with E-state index < -0.39 is 0 Å². The van der Waals surface area contributed by atoms with Gasteiger partial charge >= 0.3 is 0 Å². The first kappa shape index (κ1) is 19.3. The third-order valence-corrected chi connectivity index (χ3v) is 5.65. The first-order chi connectivity index (χ1) is 14.0. The molecule has 4 heterocycles. The zero-order valence-electron chi connectivity index (χ0n) is 16.7. The second-order valence-electron chi connectivity index (χ2n) is 7.19. The molecule has 0 radical (unpaired) electrons. The van der Waals surface area contributed by atoms with E-state index in [-0.39, 0.29) is 11.8 Å². The molecule has 1 aliphatic rings. The zero-order chi connectivity index (χ0) is 20.4. The van der Waals surface area contributed by atoms with Crippen molar-refractivity contribution in [2.45, 2.75) is 26.2 Å². The molecule has 0 spiro atoms. The fraction of sp³-hybridized carbons (Fsp3) is 0.350. The van der Waals surface area contributed by atoms with Crippen molar-refractivity contribution in [1.82, 2.24) is 29.6 Å². The molecule has 1 atom stereocenters. The van der Waals surface area contributed by atoms with Gasteiger partial charge in [-0.1, -0.05) is 0 Å². The number of nitrogens with zero attached hydrogens (tertiary/aromatic N) is 6. The van der Waals surface area contributed by atoms with Gasteiger partial charge in [0, 0.05) is 55.3 Å². The minimum Gasteiger partial charge on any atom is -0.338 e. The topological polar surface area (TPSA) is 88.8 Å². The summed E-state index contributed by atoms with van der Waals surface area (Å²) in [6.07, 6.45) is 7.91. The predicted molar refractivity (Wildman–Crippen MR) is 113 cm³/mol. The van der Waals surface area contributed by atoms with Gasteiger partial charge in [-0.2, -0.15) is 5.10 Å². The molecule has 1 aliphatic heterocycles. The highest BCUT2D eigenvalue weighted by atomic mass is 32.1. The summed E-state index contributed by atoms with van der Waals surface area (Å²) in [5, 5.41) is 10.2. The first-order valence-electron chi connectivity index (χ1n) is 9.46. The molecule has 0 aliphatic carbocycles. The fourth-order valence-corrected chi connectivity index (χ4v) is 4.08. The number of carbonyl (C=O) groups excluding carboxylic acids is 1. The third-order valence-electron chi connectivity index (χ3n) is 4.77. The van der Waals surface area contributed by atoms with Gasteiger partial charge in [0.1, 0.15) is 11.6 Å². The van der Waals surface area contributed by atoms with Crippen LogP contribution in [0.1, 0.15) is 35.1 Å². The molecular formula is C20H23N7OS. The number of rotatable bonds is 5. The van der Waals surface area contributed by atoms with E-state index in [4.69, 9.17) is 0 Å². The molecule has 8 nitrogen and oxygen atoms in total. The molecule has 9 heteroatoms. The predicted octanol–water partition coefficient (Wildman–Crippen LogP) is 3.06. The SMILES string of the molecule is Cc1csc(Nc2cc(C3CCN(C(=O)/C=C/c4cnn(C)c4)C3)nc(C)n2)n1. The van der Waals surface area contributed by atoms with E-state index in [0.29, 0.717) is 12.4 Å². The van der Waals surface area contributed by atoms with Gasteiger partial charge < -0.3 is 10.2 Å². The van der Waals surface area contributed by atoms with Crippen molar-refractivity contribution >= 4 is 34.3 Å². The van der Waals surface area contributed by atoms with Crippen molar-refractivity contribution in [3.8, 4) is 0 Å². The van der Waals surface area contributed by atoms with E-state index in [9.17, 15) is 4.79 Å². The van der Waals surface area contributed by atoms with E-state index in [1.807, 2.05) is 43.4 Å².